The third-order valence-electron chi connectivity index (χ3n) is 2.35. The summed E-state index contributed by atoms with van der Waals surface area (Å²) in [7, 11) is 3.60. The fourth-order valence-electron chi connectivity index (χ4n) is 1.53. The third-order valence-corrected chi connectivity index (χ3v) is 2.35. The van der Waals surface area contributed by atoms with Crippen molar-refractivity contribution in [1.29, 1.82) is 0 Å². The molecule has 4 nitrogen and oxygen atoms in total. The number of benzene rings is 1. The molecule has 2 aromatic rings. The molecule has 2 rings (SSSR count). The van der Waals surface area contributed by atoms with Crippen LogP contribution in [0, 0.1) is 0 Å². The highest BCUT2D eigenvalue weighted by molar-refractivity contribution is 5.76. The summed E-state index contributed by atoms with van der Waals surface area (Å²) >= 11 is 0. The van der Waals surface area contributed by atoms with Gasteiger partial charge in [-0.1, -0.05) is 0 Å². The van der Waals surface area contributed by atoms with Gasteiger partial charge in [0.25, 0.3) is 0 Å². The summed E-state index contributed by atoms with van der Waals surface area (Å²) < 4.78 is 5.15. The predicted molar refractivity (Wildman–Crippen MR) is 60.3 cm³/mol. The number of fused-ring (bicyclic) bond motifs is 1. The maximum atomic E-state index is 5.15. The number of hydrogen-bond donors (Lipinski definition) is 2. The van der Waals surface area contributed by atoms with E-state index in [0.29, 0.717) is 0 Å². The molecule has 2 N–H and O–H groups in total. The lowest BCUT2D eigenvalue weighted by molar-refractivity contribution is 0.415. The standard InChI is InChI=1S/C11H15N3O/c1-12-6-5-11-13-9-4-3-8(15-2)7-10(9)14-11/h3-4,7,12H,5-6H2,1-2H3,(H,13,14). The van der Waals surface area contributed by atoms with Crippen LogP contribution in [-0.4, -0.2) is 30.7 Å². The van der Waals surface area contributed by atoms with Crippen molar-refractivity contribution in [2.24, 2.45) is 0 Å². The van der Waals surface area contributed by atoms with E-state index in [0.717, 1.165) is 35.6 Å². The Balaban J connectivity index is 2.29. The van der Waals surface area contributed by atoms with Crippen molar-refractivity contribution >= 4 is 11.0 Å². The largest absolute Gasteiger partial charge is 0.497 e. The van der Waals surface area contributed by atoms with E-state index in [1.54, 1.807) is 7.11 Å². The molecular weight excluding hydrogens is 190 g/mol. The number of nitrogens with zero attached hydrogens (tertiary/aromatic N) is 1. The van der Waals surface area contributed by atoms with Crippen LogP contribution in [0.4, 0.5) is 0 Å². The number of imidazole rings is 1. The highest BCUT2D eigenvalue weighted by atomic mass is 16.5. The lowest BCUT2D eigenvalue weighted by Crippen LogP contribution is -2.10. The van der Waals surface area contributed by atoms with Crippen LogP contribution >= 0.6 is 0 Å². The number of rotatable bonds is 4. The molecule has 1 aromatic heterocycles. The summed E-state index contributed by atoms with van der Waals surface area (Å²) in [5.41, 5.74) is 2.02. The van der Waals surface area contributed by atoms with E-state index in [4.69, 9.17) is 4.74 Å². The topological polar surface area (TPSA) is 49.9 Å². The van der Waals surface area contributed by atoms with Crippen molar-refractivity contribution in [3.63, 3.8) is 0 Å². The molecule has 0 radical (unpaired) electrons. The van der Waals surface area contributed by atoms with Gasteiger partial charge in [-0.05, 0) is 19.2 Å². The Hall–Kier alpha value is -1.55. The number of likely N-dealkylation sites (N-methyl/N-ethyl adjacent to an activating group) is 1. The summed E-state index contributed by atoms with van der Waals surface area (Å²) in [5, 5.41) is 3.10. The third kappa shape index (κ3) is 2.10. The molecule has 0 unspecified atom stereocenters. The van der Waals surface area contributed by atoms with Crippen LogP contribution < -0.4 is 10.1 Å². The fraction of sp³-hybridized carbons (Fsp3) is 0.364. The van der Waals surface area contributed by atoms with E-state index in [1.807, 2.05) is 25.2 Å². The van der Waals surface area contributed by atoms with Gasteiger partial charge >= 0.3 is 0 Å². The van der Waals surface area contributed by atoms with Gasteiger partial charge < -0.3 is 15.0 Å². The minimum absolute atomic E-state index is 0.853. The van der Waals surface area contributed by atoms with Crippen molar-refractivity contribution in [2.75, 3.05) is 20.7 Å². The molecule has 0 amide bonds. The molecule has 4 heteroatoms. The molecule has 0 atom stereocenters. The molecule has 1 heterocycles. The van der Waals surface area contributed by atoms with Crippen molar-refractivity contribution in [3.8, 4) is 5.75 Å². The Morgan fingerprint density at radius 2 is 2.33 bits per heavy atom. The summed E-state index contributed by atoms with van der Waals surface area (Å²) in [6.07, 6.45) is 0.910. The first kappa shape index (κ1) is 9.98. The van der Waals surface area contributed by atoms with E-state index in [2.05, 4.69) is 15.3 Å². The number of hydrogen-bond acceptors (Lipinski definition) is 3. The summed E-state index contributed by atoms with van der Waals surface area (Å²) in [6, 6.07) is 5.85. The zero-order valence-corrected chi connectivity index (χ0v) is 9.00. The molecular formula is C11H15N3O. The maximum Gasteiger partial charge on any atom is 0.121 e. The average molecular weight is 205 g/mol. The van der Waals surface area contributed by atoms with Crippen molar-refractivity contribution < 1.29 is 4.74 Å². The Labute approximate surface area is 88.7 Å². The second kappa shape index (κ2) is 4.31. The number of aromatic amines is 1. The van der Waals surface area contributed by atoms with Crippen LogP contribution in [0.1, 0.15) is 5.82 Å². The molecule has 0 saturated heterocycles. The number of H-pyrrole nitrogens is 1. The van der Waals surface area contributed by atoms with E-state index in [9.17, 15) is 0 Å². The molecule has 0 saturated carbocycles. The molecule has 0 aliphatic heterocycles. The molecule has 0 aliphatic rings. The van der Waals surface area contributed by atoms with Crippen molar-refractivity contribution in [2.45, 2.75) is 6.42 Å². The van der Waals surface area contributed by atoms with Crippen LogP contribution in [0.2, 0.25) is 0 Å². The number of methoxy groups -OCH3 is 1. The summed E-state index contributed by atoms with van der Waals surface area (Å²) in [6.45, 7) is 0.928. The van der Waals surface area contributed by atoms with Crippen LogP contribution in [0.15, 0.2) is 18.2 Å². The minimum atomic E-state index is 0.853. The highest BCUT2D eigenvalue weighted by Gasteiger charge is 2.03. The lowest BCUT2D eigenvalue weighted by Gasteiger charge is -1.96. The molecule has 1 aromatic carbocycles. The second-order valence-corrected chi connectivity index (χ2v) is 3.42. The number of aromatic nitrogens is 2. The van der Waals surface area contributed by atoms with Gasteiger partial charge in [0.15, 0.2) is 0 Å². The first-order valence-electron chi connectivity index (χ1n) is 5.00. The van der Waals surface area contributed by atoms with Crippen molar-refractivity contribution in [3.05, 3.63) is 24.0 Å². The van der Waals surface area contributed by atoms with E-state index >= 15 is 0 Å². The van der Waals surface area contributed by atoms with Gasteiger partial charge in [-0.15, -0.1) is 0 Å². The van der Waals surface area contributed by atoms with Crippen LogP contribution in [0.25, 0.3) is 11.0 Å². The quantitative estimate of drug-likeness (QED) is 0.791. The van der Waals surface area contributed by atoms with Gasteiger partial charge in [0, 0.05) is 19.0 Å². The number of nitrogens with one attached hydrogen (secondary N) is 2. The van der Waals surface area contributed by atoms with Crippen LogP contribution in [0.3, 0.4) is 0 Å². The number of ether oxygens (including phenoxy) is 1. The Morgan fingerprint density at radius 1 is 1.47 bits per heavy atom. The van der Waals surface area contributed by atoms with Gasteiger partial charge in [-0.3, -0.25) is 0 Å². The maximum absolute atomic E-state index is 5.15. The molecule has 0 aliphatic carbocycles. The fourth-order valence-corrected chi connectivity index (χ4v) is 1.53. The summed E-state index contributed by atoms with van der Waals surface area (Å²) in [5.74, 6) is 1.86. The molecule has 0 fully saturated rings. The van der Waals surface area contributed by atoms with Crippen molar-refractivity contribution in [1.82, 2.24) is 15.3 Å². The Kier molecular flexibility index (Phi) is 2.87. The van der Waals surface area contributed by atoms with Gasteiger partial charge in [0.2, 0.25) is 0 Å². The van der Waals surface area contributed by atoms with Crippen LogP contribution in [0.5, 0.6) is 5.75 Å². The first-order valence-corrected chi connectivity index (χ1v) is 5.00. The molecule has 0 spiro atoms. The Morgan fingerprint density at radius 3 is 3.07 bits per heavy atom. The van der Waals surface area contributed by atoms with Gasteiger partial charge in [0.05, 0.1) is 18.1 Å². The Bertz CT molecular complexity index is 450. The van der Waals surface area contributed by atoms with E-state index in [-0.39, 0.29) is 0 Å². The van der Waals surface area contributed by atoms with Gasteiger partial charge in [-0.25, -0.2) is 4.98 Å². The average Bonchev–Trinajstić information content (AvgIpc) is 2.67. The predicted octanol–water partition coefficient (Wildman–Crippen LogP) is 1.33. The molecule has 15 heavy (non-hydrogen) atoms. The zero-order valence-electron chi connectivity index (χ0n) is 9.00. The minimum Gasteiger partial charge on any atom is -0.497 e. The molecule has 80 valence electrons. The monoisotopic (exact) mass is 205 g/mol. The van der Waals surface area contributed by atoms with E-state index in [1.165, 1.54) is 0 Å². The smallest absolute Gasteiger partial charge is 0.121 e. The van der Waals surface area contributed by atoms with Gasteiger partial charge in [0.1, 0.15) is 11.6 Å². The normalized spacial score (nSPS) is 10.8. The van der Waals surface area contributed by atoms with E-state index < -0.39 is 0 Å². The highest BCUT2D eigenvalue weighted by Crippen LogP contribution is 2.18. The van der Waals surface area contributed by atoms with Crippen LogP contribution in [-0.2, 0) is 6.42 Å². The second-order valence-electron chi connectivity index (χ2n) is 3.42. The lowest BCUT2D eigenvalue weighted by atomic mass is 10.3. The first-order chi connectivity index (χ1) is 7.33. The SMILES string of the molecule is CNCCc1nc2ccc(OC)cc2[nH]1. The molecule has 0 bridgehead atoms. The zero-order chi connectivity index (χ0) is 10.7. The van der Waals surface area contributed by atoms with Gasteiger partial charge in [-0.2, -0.15) is 0 Å². The summed E-state index contributed by atoms with van der Waals surface area (Å²) in [4.78, 5) is 7.75.